The fraction of sp³-hybridized carbons (Fsp3) is 0.0526. The van der Waals surface area contributed by atoms with E-state index >= 15 is 0 Å². The van der Waals surface area contributed by atoms with Crippen LogP contribution >= 0.6 is 0 Å². The van der Waals surface area contributed by atoms with E-state index in [0.29, 0.717) is 17.1 Å². The maximum atomic E-state index is 11.9. The Labute approximate surface area is 149 Å². The average molecular weight is 349 g/mol. The number of nitrogens with zero attached hydrogens (tertiary/aromatic N) is 2. The minimum atomic E-state index is -0.975. The fourth-order valence-electron chi connectivity index (χ4n) is 2.36. The zero-order valence-electron chi connectivity index (χ0n) is 13.8. The Morgan fingerprint density at radius 1 is 1.12 bits per heavy atom. The van der Waals surface area contributed by atoms with Gasteiger partial charge < -0.3 is 9.52 Å². The lowest BCUT2D eigenvalue weighted by molar-refractivity contribution is 0.0696. The van der Waals surface area contributed by atoms with Crippen molar-refractivity contribution >= 4 is 18.1 Å². The molecule has 7 heteroatoms. The summed E-state index contributed by atoms with van der Waals surface area (Å²) in [6.07, 6.45) is 4.44. The van der Waals surface area contributed by atoms with Gasteiger partial charge in [-0.05, 0) is 48.9 Å². The van der Waals surface area contributed by atoms with Crippen molar-refractivity contribution in [2.75, 3.05) is 0 Å². The molecule has 0 aliphatic rings. The second kappa shape index (κ2) is 7.43. The summed E-state index contributed by atoms with van der Waals surface area (Å²) in [6.45, 7) is 1.81. The summed E-state index contributed by atoms with van der Waals surface area (Å²) < 4.78 is 5.68. The molecule has 2 heterocycles. The number of carbonyl (C=O) groups is 2. The summed E-state index contributed by atoms with van der Waals surface area (Å²) in [5.74, 6) is -0.287. The van der Waals surface area contributed by atoms with Crippen molar-refractivity contribution in [3.8, 4) is 11.3 Å². The number of furan rings is 1. The summed E-state index contributed by atoms with van der Waals surface area (Å²) >= 11 is 0. The molecule has 1 aromatic carbocycles. The molecule has 0 unspecified atom stereocenters. The number of amides is 1. The van der Waals surface area contributed by atoms with E-state index in [1.807, 2.05) is 6.92 Å². The van der Waals surface area contributed by atoms with E-state index in [-0.39, 0.29) is 11.5 Å². The maximum absolute atomic E-state index is 11.9. The van der Waals surface area contributed by atoms with E-state index in [9.17, 15) is 9.59 Å². The van der Waals surface area contributed by atoms with Gasteiger partial charge in [0.2, 0.25) is 0 Å². The first-order valence-electron chi connectivity index (χ1n) is 7.72. The number of hydrogen-bond acceptors (Lipinski definition) is 5. The summed E-state index contributed by atoms with van der Waals surface area (Å²) in [5.41, 5.74) is 4.65. The van der Waals surface area contributed by atoms with Crippen molar-refractivity contribution in [2.24, 2.45) is 5.10 Å². The van der Waals surface area contributed by atoms with E-state index in [1.165, 1.54) is 24.7 Å². The molecule has 2 N–H and O–H groups in total. The molecule has 3 aromatic rings. The van der Waals surface area contributed by atoms with Gasteiger partial charge in [-0.15, -0.1) is 0 Å². The number of carboxylic acids is 1. The van der Waals surface area contributed by atoms with E-state index in [2.05, 4.69) is 15.5 Å². The monoisotopic (exact) mass is 349 g/mol. The van der Waals surface area contributed by atoms with Gasteiger partial charge in [0.15, 0.2) is 0 Å². The van der Waals surface area contributed by atoms with Crippen molar-refractivity contribution in [1.29, 1.82) is 0 Å². The van der Waals surface area contributed by atoms with Gasteiger partial charge in [0.1, 0.15) is 11.5 Å². The third-order valence-corrected chi connectivity index (χ3v) is 3.67. The van der Waals surface area contributed by atoms with Crippen LogP contribution in [-0.2, 0) is 0 Å². The van der Waals surface area contributed by atoms with Gasteiger partial charge in [-0.3, -0.25) is 9.78 Å². The second-order valence-electron chi connectivity index (χ2n) is 5.47. The third-order valence-electron chi connectivity index (χ3n) is 3.67. The summed E-state index contributed by atoms with van der Waals surface area (Å²) in [5, 5.41) is 12.9. The Hall–Kier alpha value is -3.74. The van der Waals surface area contributed by atoms with Crippen LogP contribution in [0.1, 0.15) is 32.0 Å². The number of carboxylic acid groups (broad SMARTS) is 1. The minimum Gasteiger partial charge on any atom is -0.478 e. The first kappa shape index (κ1) is 17.1. The zero-order chi connectivity index (χ0) is 18.5. The van der Waals surface area contributed by atoms with Gasteiger partial charge in [-0.2, -0.15) is 5.10 Å². The molecule has 0 bridgehead atoms. The number of rotatable bonds is 5. The Morgan fingerprint density at radius 3 is 2.58 bits per heavy atom. The Bertz CT molecular complexity index is 977. The summed E-state index contributed by atoms with van der Waals surface area (Å²) in [7, 11) is 0. The number of aryl methyl sites for hydroxylation is 1. The molecule has 1 amide bonds. The van der Waals surface area contributed by atoms with E-state index < -0.39 is 5.97 Å². The molecule has 26 heavy (non-hydrogen) atoms. The fourth-order valence-corrected chi connectivity index (χ4v) is 2.36. The largest absolute Gasteiger partial charge is 0.478 e. The molecule has 0 atom stereocenters. The summed E-state index contributed by atoms with van der Waals surface area (Å²) in [4.78, 5) is 26.7. The van der Waals surface area contributed by atoms with Crippen LogP contribution in [0.5, 0.6) is 0 Å². The van der Waals surface area contributed by atoms with Gasteiger partial charge in [-0.25, -0.2) is 10.2 Å². The Kier molecular flexibility index (Phi) is 4.89. The molecule has 2 aromatic heterocycles. The molecule has 0 aliphatic carbocycles. The second-order valence-corrected chi connectivity index (χ2v) is 5.47. The molecule has 0 saturated heterocycles. The van der Waals surface area contributed by atoms with Crippen LogP contribution in [0.25, 0.3) is 11.3 Å². The third kappa shape index (κ3) is 3.84. The number of carbonyl (C=O) groups excluding carboxylic acids is 1. The SMILES string of the molecule is Cc1cc(C(=O)O)ccc1-c1ccc(/C=N/NC(=O)c2ccncc2)o1. The predicted octanol–water partition coefficient (Wildman–Crippen LogP) is 3.11. The molecule has 130 valence electrons. The topological polar surface area (TPSA) is 105 Å². The zero-order valence-corrected chi connectivity index (χ0v) is 13.8. The highest BCUT2D eigenvalue weighted by atomic mass is 16.4. The Morgan fingerprint density at radius 2 is 1.88 bits per heavy atom. The van der Waals surface area contributed by atoms with Crippen LogP contribution in [0, 0.1) is 6.92 Å². The molecule has 0 radical (unpaired) electrons. The van der Waals surface area contributed by atoms with Crippen molar-refractivity contribution in [3.63, 3.8) is 0 Å². The van der Waals surface area contributed by atoms with E-state index in [4.69, 9.17) is 9.52 Å². The van der Waals surface area contributed by atoms with Gasteiger partial charge >= 0.3 is 5.97 Å². The van der Waals surface area contributed by atoms with Crippen LogP contribution in [0.4, 0.5) is 0 Å². The number of aromatic nitrogens is 1. The van der Waals surface area contributed by atoms with Crippen molar-refractivity contribution in [3.05, 3.63) is 77.3 Å². The molecule has 3 rings (SSSR count). The molecule has 0 spiro atoms. The summed E-state index contributed by atoms with van der Waals surface area (Å²) in [6, 6.07) is 11.4. The number of hydrazone groups is 1. The number of hydrogen-bond donors (Lipinski definition) is 2. The minimum absolute atomic E-state index is 0.221. The van der Waals surface area contributed by atoms with Gasteiger partial charge in [0.25, 0.3) is 5.91 Å². The van der Waals surface area contributed by atoms with E-state index in [0.717, 1.165) is 11.1 Å². The molecular weight excluding hydrogens is 334 g/mol. The lowest BCUT2D eigenvalue weighted by Gasteiger charge is -2.03. The molecule has 0 fully saturated rings. The molecule has 0 saturated carbocycles. The van der Waals surface area contributed by atoms with Gasteiger partial charge in [0, 0.05) is 23.5 Å². The van der Waals surface area contributed by atoms with Crippen molar-refractivity contribution in [2.45, 2.75) is 6.92 Å². The number of aromatic carboxylic acids is 1. The first-order chi connectivity index (χ1) is 12.5. The van der Waals surface area contributed by atoms with Crippen LogP contribution in [0.3, 0.4) is 0 Å². The van der Waals surface area contributed by atoms with Crippen molar-refractivity contribution < 1.29 is 19.1 Å². The van der Waals surface area contributed by atoms with Crippen molar-refractivity contribution in [1.82, 2.24) is 10.4 Å². The lowest BCUT2D eigenvalue weighted by Crippen LogP contribution is -2.17. The average Bonchev–Trinajstić information content (AvgIpc) is 3.10. The van der Waals surface area contributed by atoms with Crippen LogP contribution < -0.4 is 5.43 Å². The highest BCUT2D eigenvalue weighted by molar-refractivity contribution is 5.94. The highest BCUT2D eigenvalue weighted by Crippen LogP contribution is 2.26. The van der Waals surface area contributed by atoms with Gasteiger partial charge in [-0.1, -0.05) is 6.07 Å². The number of benzene rings is 1. The molecule has 0 aliphatic heterocycles. The number of pyridine rings is 1. The first-order valence-corrected chi connectivity index (χ1v) is 7.72. The standard InChI is InChI=1S/C19H15N3O4/c1-12-10-14(19(24)25)2-4-16(12)17-5-3-15(26-17)11-21-22-18(23)13-6-8-20-9-7-13/h2-11H,1H3,(H,22,23)(H,24,25)/b21-11+. The van der Waals surface area contributed by atoms with Crippen LogP contribution in [-0.4, -0.2) is 28.2 Å². The highest BCUT2D eigenvalue weighted by Gasteiger charge is 2.10. The van der Waals surface area contributed by atoms with Crippen LogP contribution in [0.15, 0.2) is 64.4 Å². The normalized spacial score (nSPS) is 10.8. The maximum Gasteiger partial charge on any atom is 0.335 e. The van der Waals surface area contributed by atoms with Crippen LogP contribution in [0.2, 0.25) is 0 Å². The quantitative estimate of drug-likeness (QED) is 0.544. The lowest BCUT2D eigenvalue weighted by atomic mass is 10.0. The molecular formula is C19H15N3O4. The smallest absolute Gasteiger partial charge is 0.335 e. The van der Waals surface area contributed by atoms with Gasteiger partial charge in [0.05, 0.1) is 11.8 Å². The predicted molar refractivity (Wildman–Crippen MR) is 95.1 cm³/mol. The number of nitrogens with one attached hydrogen (secondary N) is 1. The van der Waals surface area contributed by atoms with E-state index in [1.54, 1.807) is 36.4 Å². The molecule has 7 nitrogen and oxygen atoms in total. The Balaban J connectivity index is 1.70.